The summed E-state index contributed by atoms with van der Waals surface area (Å²) in [7, 11) is 0. The molecule has 1 aromatic rings. The second-order valence-corrected chi connectivity index (χ2v) is 3.61. The van der Waals surface area contributed by atoms with Gasteiger partial charge in [0.2, 0.25) is 0 Å². The van der Waals surface area contributed by atoms with Gasteiger partial charge in [-0.2, -0.15) is 5.26 Å². The van der Waals surface area contributed by atoms with Crippen LogP contribution in [0.3, 0.4) is 0 Å². The standard InChI is InChI=1S/C7H6BrN3S/c1-12-7-10-4-5(8)6(11-7)2-3-9/h4H,2H2,1H3. The number of nitrogens with zero attached hydrogens (tertiary/aromatic N) is 3. The fourth-order valence-corrected chi connectivity index (χ4v) is 1.37. The molecule has 0 atom stereocenters. The Labute approximate surface area is 83.3 Å². The van der Waals surface area contributed by atoms with Crippen LogP contribution in [0.5, 0.6) is 0 Å². The van der Waals surface area contributed by atoms with Crippen molar-refractivity contribution in [3.05, 3.63) is 16.4 Å². The van der Waals surface area contributed by atoms with Gasteiger partial charge in [-0.15, -0.1) is 0 Å². The Kier molecular flexibility index (Phi) is 3.50. The highest BCUT2D eigenvalue weighted by molar-refractivity contribution is 9.10. The number of rotatable bonds is 2. The average molecular weight is 244 g/mol. The molecule has 0 fully saturated rings. The van der Waals surface area contributed by atoms with Crippen molar-refractivity contribution >= 4 is 27.7 Å². The summed E-state index contributed by atoms with van der Waals surface area (Å²) in [5.74, 6) is 0. The first-order valence-corrected chi connectivity index (χ1v) is 5.22. The smallest absolute Gasteiger partial charge is 0.187 e. The van der Waals surface area contributed by atoms with E-state index in [4.69, 9.17) is 5.26 Å². The fraction of sp³-hybridized carbons (Fsp3) is 0.286. The van der Waals surface area contributed by atoms with Gasteiger partial charge in [0.05, 0.1) is 22.7 Å². The zero-order valence-corrected chi connectivity index (χ0v) is 8.81. The molecular formula is C7H6BrN3S. The summed E-state index contributed by atoms with van der Waals surface area (Å²) in [6, 6.07) is 2.05. The molecule has 12 heavy (non-hydrogen) atoms. The molecule has 0 amide bonds. The van der Waals surface area contributed by atoms with E-state index in [1.807, 2.05) is 12.3 Å². The van der Waals surface area contributed by atoms with Crippen molar-refractivity contribution in [3.8, 4) is 6.07 Å². The van der Waals surface area contributed by atoms with Crippen LogP contribution in [-0.4, -0.2) is 16.2 Å². The lowest BCUT2D eigenvalue weighted by molar-refractivity contribution is 0.904. The Morgan fingerprint density at radius 2 is 2.50 bits per heavy atom. The molecule has 1 aromatic heterocycles. The molecule has 0 bridgehead atoms. The van der Waals surface area contributed by atoms with Crippen LogP contribution in [0, 0.1) is 11.3 Å². The summed E-state index contributed by atoms with van der Waals surface area (Å²) in [4.78, 5) is 8.20. The first-order chi connectivity index (χ1) is 5.77. The van der Waals surface area contributed by atoms with Gasteiger partial charge in [-0.3, -0.25) is 0 Å². The zero-order chi connectivity index (χ0) is 8.97. The van der Waals surface area contributed by atoms with E-state index in [1.54, 1.807) is 6.20 Å². The monoisotopic (exact) mass is 243 g/mol. The quantitative estimate of drug-likeness (QED) is 0.590. The van der Waals surface area contributed by atoms with Crippen LogP contribution < -0.4 is 0 Å². The van der Waals surface area contributed by atoms with Crippen LogP contribution in [0.2, 0.25) is 0 Å². The summed E-state index contributed by atoms with van der Waals surface area (Å²) in [5.41, 5.74) is 0.747. The van der Waals surface area contributed by atoms with E-state index >= 15 is 0 Å². The molecule has 0 radical (unpaired) electrons. The van der Waals surface area contributed by atoms with Crippen molar-refractivity contribution in [1.29, 1.82) is 5.26 Å². The van der Waals surface area contributed by atoms with E-state index in [0.29, 0.717) is 11.6 Å². The highest BCUT2D eigenvalue weighted by Crippen LogP contribution is 2.16. The van der Waals surface area contributed by atoms with Crippen molar-refractivity contribution in [2.45, 2.75) is 11.6 Å². The molecule has 3 nitrogen and oxygen atoms in total. The van der Waals surface area contributed by atoms with Gasteiger partial charge in [-0.1, -0.05) is 11.8 Å². The number of aromatic nitrogens is 2. The van der Waals surface area contributed by atoms with E-state index in [2.05, 4.69) is 25.9 Å². The van der Waals surface area contributed by atoms with Gasteiger partial charge in [-0.05, 0) is 22.2 Å². The predicted octanol–water partition coefficient (Wildman–Crippen LogP) is 2.03. The van der Waals surface area contributed by atoms with Crippen LogP contribution in [-0.2, 0) is 6.42 Å². The number of halogens is 1. The van der Waals surface area contributed by atoms with Crippen molar-refractivity contribution in [2.75, 3.05) is 6.26 Å². The van der Waals surface area contributed by atoms with Crippen LogP contribution >= 0.6 is 27.7 Å². The SMILES string of the molecule is CSc1ncc(Br)c(CC#N)n1. The summed E-state index contributed by atoms with van der Waals surface area (Å²) in [5, 5.41) is 9.17. The van der Waals surface area contributed by atoms with Crippen LogP contribution in [0.25, 0.3) is 0 Å². The van der Waals surface area contributed by atoms with Gasteiger partial charge in [0.15, 0.2) is 5.16 Å². The van der Waals surface area contributed by atoms with Gasteiger partial charge in [-0.25, -0.2) is 9.97 Å². The highest BCUT2D eigenvalue weighted by Gasteiger charge is 2.02. The number of nitriles is 1. The molecule has 0 aliphatic carbocycles. The predicted molar refractivity (Wildman–Crippen MR) is 50.8 cm³/mol. The largest absolute Gasteiger partial charge is 0.230 e. The Balaban J connectivity index is 3.01. The maximum Gasteiger partial charge on any atom is 0.187 e. The first-order valence-electron chi connectivity index (χ1n) is 3.20. The fourth-order valence-electron chi connectivity index (χ4n) is 0.681. The lowest BCUT2D eigenvalue weighted by atomic mass is 10.3. The third-order valence-corrected chi connectivity index (χ3v) is 2.45. The van der Waals surface area contributed by atoms with Crippen LogP contribution in [0.4, 0.5) is 0 Å². The van der Waals surface area contributed by atoms with E-state index in [9.17, 15) is 0 Å². The number of hydrogen-bond donors (Lipinski definition) is 0. The summed E-state index contributed by atoms with van der Waals surface area (Å²) < 4.78 is 0.793. The Morgan fingerprint density at radius 1 is 1.75 bits per heavy atom. The average Bonchev–Trinajstić information content (AvgIpc) is 2.09. The van der Waals surface area contributed by atoms with Gasteiger partial charge in [0, 0.05) is 6.20 Å². The van der Waals surface area contributed by atoms with E-state index in [-0.39, 0.29) is 0 Å². The van der Waals surface area contributed by atoms with Crippen molar-refractivity contribution in [2.24, 2.45) is 0 Å². The molecule has 0 saturated carbocycles. The minimum atomic E-state index is 0.316. The summed E-state index contributed by atoms with van der Waals surface area (Å²) >= 11 is 4.74. The third kappa shape index (κ3) is 2.19. The van der Waals surface area contributed by atoms with Crippen LogP contribution in [0.1, 0.15) is 5.69 Å². The van der Waals surface area contributed by atoms with Crippen LogP contribution in [0.15, 0.2) is 15.8 Å². The van der Waals surface area contributed by atoms with E-state index in [0.717, 1.165) is 10.2 Å². The molecule has 0 aliphatic heterocycles. The third-order valence-electron chi connectivity index (χ3n) is 1.22. The Bertz CT molecular complexity index is 321. The lowest BCUT2D eigenvalue weighted by Crippen LogP contribution is -1.94. The van der Waals surface area contributed by atoms with Crippen molar-refractivity contribution in [3.63, 3.8) is 0 Å². The molecule has 1 rings (SSSR count). The molecule has 0 N–H and O–H groups in total. The number of thioether (sulfide) groups is 1. The number of hydrogen-bond acceptors (Lipinski definition) is 4. The molecule has 0 aromatic carbocycles. The second-order valence-electron chi connectivity index (χ2n) is 1.99. The maximum absolute atomic E-state index is 8.47. The zero-order valence-electron chi connectivity index (χ0n) is 6.41. The van der Waals surface area contributed by atoms with Gasteiger partial charge in [0.25, 0.3) is 0 Å². The maximum atomic E-state index is 8.47. The Hall–Kier alpha value is -0.600. The second kappa shape index (κ2) is 4.43. The van der Waals surface area contributed by atoms with Crippen molar-refractivity contribution < 1.29 is 0 Å². The topological polar surface area (TPSA) is 49.6 Å². The summed E-state index contributed by atoms with van der Waals surface area (Å²) in [6.45, 7) is 0. The van der Waals surface area contributed by atoms with Gasteiger partial charge in [0.1, 0.15) is 0 Å². The minimum absolute atomic E-state index is 0.316. The molecule has 1 heterocycles. The molecular weight excluding hydrogens is 238 g/mol. The molecule has 0 aliphatic rings. The van der Waals surface area contributed by atoms with E-state index < -0.39 is 0 Å². The first kappa shape index (κ1) is 9.49. The molecule has 0 spiro atoms. The normalized spacial score (nSPS) is 9.42. The lowest BCUT2D eigenvalue weighted by Gasteiger charge is -1.99. The van der Waals surface area contributed by atoms with Gasteiger partial charge >= 0.3 is 0 Å². The Morgan fingerprint density at radius 3 is 3.08 bits per heavy atom. The molecule has 5 heteroatoms. The van der Waals surface area contributed by atoms with E-state index in [1.165, 1.54) is 11.8 Å². The summed E-state index contributed by atoms with van der Waals surface area (Å²) in [6.07, 6.45) is 3.89. The molecule has 0 saturated heterocycles. The highest BCUT2D eigenvalue weighted by atomic mass is 79.9. The minimum Gasteiger partial charge on any atom is -0.230 e. The molecule has 0 unspecified atom stereocenters. The molecule has 62 valence electrons. The van der Waals surface area contributed by atoms with Crippen molar-refractivity contribution in [1.82, 2.24) is 9.97 Å². The van der Waals surface area contributed by atoms with Gasteiger partial charge < -0.3 is 0 Å².